The summed E-state index contributed by atoms with van der Waals surface area (Å²) in [6.45, 7) is 4.86. The zero-order valence-corrected chi connectivity index (χ0v) is 12.1. The first-order valence-electron chi connectivity index (χ1n) is 6.39. The van der Waals surface area contributed by atoms with Crippen molar-refractivity contribution in [3.05, 3.63) is 34.3 Å². The molecule has 3 nitrogen and oxygen atoms in total. The van der Waals surface area contributed by atoms with Crippen LogP contribution in [-0.2, 0) is 6.54 Å². The predicted molar refractivity (Wildman–Crippen MR) is 75.1 cm³/mol. The minimum absolute atomic E-state index is 0.268. The van der Waals surface area contributed by atoms with E-state index in [-0.39, 0.29) is 5.76 Å². The summed E-state index contributed by atoms with van der Waals surface area (Å²) in [6.07, 6.45) is 1.27. The molecule has 1 fully saturated rings. The van der Waals surface area contributed by atoms with Crippen molar-refractivity contribution in [1.29, 1.82) is 0 Å². The Labute approximate surface area is 114 Å². The topological polar surface area (TPSA) is 35.1 Å². The third kappa shape index (κ3) is 1.83. The lowest BCUT2D eigenvalue weighted by Crippen LogP contribution is -2.11. The largest absolute Gasteiger partial charge is 0.419 e. The van der Waals surface area contributed by atoms with Gasteiger partial charge in [-0.15, -0.1) is 0 Å². The van der Waals surface area contributed by atoms with Gasteiger partial charge in [-0.05, 0) is 42.9 Å². The minimum Gasteiger partial charge on any atom is -0.408 e. The molecule has 1 heterocycles. The van der Waals surface area contributed by atoms with Crippen LogP contribution < -0.4 is 5.76 Å². The number of benzene rings is 1. The SMILES string of the molecule is CCn1c(=O)oc2cc(C(Br)C3CC3C)ccc21. The van der Waals surface area contributed by atoms with Gasteiger partial charge in [0.25, 0.3) is 0 Å². The van der Waals surface area contributed by atoms with Gasteiger partial charge >= 0.3 is 5.76 Å². The standard InChI is InChI=1S/C14H16BrNO2/c1-3-16-11-5-4-9(7-12(11)18-14(16)17)13(15)10-6-8(10)2/h4-5,7-8,10,13H,3,6H2,1-2H3. The van der Waals surface area contributed by atoms with Crippen LogP contribution in [0.25, 0.3) is 11.1 Å². The van der Waals surface area contributed by atoms with Crippen molar-refractivity contribution in [3.8, 4) is 0 Å². The number of oxazole rings is 1. The molecule has 4 heteroatoms. The van der Waals surface area contributed by atoms with Crippen LogP contribution >= 0.6 is 15.9 Å². The normalized spacial score (nSPS) is 24.4. The number of hydrogen-bond acceptors (Lipinski definition) is 2. The Bertz CT molecular complexity index is 643. The third-order valence-electron chi connectivity index (χ3n) is 3.87. The van der Waals surface area contributed by atoms with E-state index in [0.717, 1.165) is 11.4 Å². The van der Waals surface area contributed by atoms with E-state index < -0.39 is 0 Å². The van der Waals surface area contributed by atoms with E-state index in [1.54, 1.807) is 4.57 Å². The highest BCUT2D eigenvalue weighted by molar-refractivity contribution is 9.09. The summed E-state index contributed by atoms with van der Waals surface area (Å²) in [6, 6.07) is 6.07. The van der Waals surface area contributed by atoms with Gasteiger partial charge in [0.1, 0.15) is 0 Å². The molecular weight excluding hydrogens is 294 g/mol. The number of halogens is 1. The highest BCUT2D eigenvalue weighted by Crippen LogP contribution is 2.51. The number of aromatic nitrogens is 1. The van der Waals surface area contributed by atoms with Crippen LogP contribution in [0.5, 0.6) is 0 Å². The van der Waals surface area contributed by atoms with Gasteiger partial charge in [0.05, 0.1) is 5.52 Å². The van der Waals surface area contributed by atoms with E-state index in [4.69, 9.17) is 4.42 Å². The first kappa shape index (κ1) is 12.0. The van der Waals surface area contributed by atoms with Gasteiger partial charge in [-0.2, -0.15) is 0 Å². The number of alkyl halides is 1. The van der Waals surface area contributed by atoms with Crippen molar-refractivity contribution < 1.29 is 4.42 Å². The second-order valence-electron chi connectivity index (χ2n) is 5.12. The number of rotatable bonds is 3. The van der Waals surface area contributed by atoms with Gasteiger partial charge in [-0.1, -0.05) is 28.9 Å². The molecule has 1 aromatic carbocycles. The van der Waals surface area contributed by atoms with Crippen LogP contribution in [0.4, 0.5) is 0 Å². The summed E-state index contributed by atoms with van der Waals surface area (Å²) >= 11 is 3.75. The maximum Gasteiger partial charge on any atom is 0.419 e. The first-order valence-corrected chi connectivity index (χ1v) is 7.30. The van der Waals surface area contributed by atoms with Gasteiger partial charge in [-0.25, -0.2) is 4.79 Å². The molecule has 3 rings (SSSR count). The van der Waals surface area contributed by atoms with Crippen LogP contribution in [0.2, 0.25) is 0 Å². The molecule has 18 heavy (non-hydrogen) atoms. The van der Waals surface area contributed by atoms with Crippen LogP contribution in [-0.4, -0.2) is 4.57 Å². The van der Waals surface area contributed by atoms with Crippen molar-refractivity contribution in [3.63, 3.8) is 0 Å². The average molecular weight is 310 g/mol. The Kier molecular flexibility index (Phi) is 2.85. The summed E-state index contributed by atoms with van der Waals surface area (Å²) in [4.78, 5) is 12.0. The monoisotopic (exact) mass is 309 g/mol. The molecule has 2 aromatic rings. The average Bonchev–Trinajstić information content (AvgIpc) is 2.99. The van der Waals surface area contributed by atoms with Crippen molar-refractivity contribution in [2.45, 2.75) is 31.6 Å². The molecule has 3 unspecified atom stereocenters. The Hall–Kier alpha value is -1.03. The first-order chi connectivity index (χ1) is 8.61. The van der Waals surface area contributed by atoms with Crippen molar-refractivity contribution in [2.24, 2.45) is 11.8 Å². The Morgan fingerprint density at radius 3 is 2.89 bits per heavy atom. The molecule has 1 aliphatic rings. The predicted octanol–water partition coefficient (Wildman–Crippen LogP) is 3.71. The lowest BCUT2D eigenvalue weighted by molar-refractivity contribution is 0.513. The highest BCUT2D eigenvalue weighted by Gasteiger charge is 2.38. The molecule has 0 saturated heterocycles. The van der Waals surface area contributed by atoms with Crippen molar-refractivity contribution >= 4 is 27.0 Å². The molecule has 0 amide bonds. The number of fused-ring (bicyclic) bond motifs is 1. The molecule has 1 aliphatic carbocycles. The highest BCUT2D eigenvalue weighted by atomic mass is 79.9. The summed E-state index contributed by atoms with van der Waals surface area (Å²) in [7, 11) is 0. The summed E-state index contributed by atoms with van der Waals surface area (Å²) in [5, 5.41) is 0. The Morgan fingerprint density at radius 1 is 1.56 bits per heavy atom. The van der Waals surface area contributed by atoms with Crippen molar-refractivity contribution in [2.75, 3.05) is 0 Å². The molecular formula is C14H16BrNO2. The van der Waals surface area contributed by atoms with E-state index >= 15 is 0 Å². The molecule has 0 spiro atoms. The molecule has 1 saturated carbocycles. The lowest BCUT2D eigenvalue weighted by Gasteiger charge is -2.09. The van der Waals surface area contributed by atoms with Crippen molar-refractivity contribution in [1.82, 2.24) is 4.57 Å². The van der Waals surface area contributed by atoms with Gasteiger partial charge in [0.15, 0.2) is 5.58 Å². The van der Waals surface area contributed by atoms with E-state index in [9.17, 15) is 4.79 Å². The third-order valence-corrected chi connectivity index (χ3v) is 5.08. The van der Waals surface area contributed by atoms with Gasteiger partial charge < -0.3 is 4.42 Å². The second-order valence-corrected chi connectivity index (χ2v) is 6.10. The summed E-state index contributed by atoms with van der Waals surface area (Å²) in [5.74, 6) is 1.23. The molecule has 3 atom stereocenters. The van der Waals surface area contributed by atoms with Crippen LogP contribution in [0, 0.1) is 11.8 Å². The zero-order valence-electron chi connectivity index (χ0n) is 10.5. The maximum absolute atomic E-state index is 11.6. The number of aryl methyl sites for hydroxylation is 1. The van der Waals surface area contributed by atoms with E-state index in [1.165, 1.54) is 12.0 Å². The van der Waals surface area contributed by atoms with Crippen LogP contribution in [0.3, 0.4) is 0 Å². The van der Waals surface area contributed by atoms with Crippen LogP contribution in [0.15, 0.2) is 27.4 Å². The summed E-state index contributed by atoms with van der Waals surface area (Å²) in [5.41, 5.74) is 2.78. The zero-order chi connectivity index (χ0) is 12.9. The molecule has 1 aromatic heterocycles. The molecule has 0 bridgehead atoms. The fourth-order valence-electron chi connectivity index (χ4n) is 2.56. The molecule has 96 valence electrons. The Balaban J connectivity index is 2.04. The van der Waals surface area contributed by atoms with Gasteiger partial charge in [-0.3, -0.25) is 4.57 Å². The quantitative estimate of drug-likeness (QED) is 0.810. The maximum atomic E-state index is 11.6. The molecule has 0 aliphatic heterocycles. The summed E-state index contributed by atoms with van der Waals surface area (Å²) < 4.78 is 6.95. The lowest BCUT2D eigenvalue weighted by atomic mass is 10.1. The van der Waals surface area contributed by atoms with E-state index in [1.807, 2.05) is 19.1 Å². The Morgan fingerprint density at radius 2 is 2.28 bits per heavy atom. The van der Waals surface area contributed by atoms with E-state index in [2.05, 4.69) is 28.9 Å². The van der Waals surface area contributed by atoms with Gasteiger partial charge in [0, 0.05) is 11.4 Å². The van der Waals surface area contributed by atoms with E-state index in [0.29, 0.717) is 22.9 Å². The minimum atomic E-state index is -0.268. The fraction of sp³-hybridized carbons (Fsp3) is 0.500. The molecule has 0 N–H and O–H groups in total. The second kappa shape index (κ2) is 4.26. The number of hydrogen-bond donors (Lipinski definition) is 0. The smallest absolute Gasteiger partial charge is 0.408 e. The molecule has 0 radical (unpaired) electrons. The fourth-order valence-corrected chi connectivity index (χ4v) is 3.58. The van der Waals surface area contributed by atoms with Crippen LogP contribution in [0.1, 0.15) is 30.7 Å². The number of nitrogens with zero attached hydrogens (tertiary/aromatic N) is 1. The van der Waals surface area contributed by atoms with Gasteiger partial charge in [0.2, 0.25) is 0 Å².